The second-order valence-electron chi connectivity index (χ2n) is 32.9. The molecule has 8 aliphatic heterocycles. The van der Waals surface area contributed by atoms with E-state index < -0.39 is 157 Å². The number of amides is 4. The summed E-state index contributed by atoms with van der Waals surface area (Å²) >= 11 is 0. The number of rotatable bonds is 12. The molecular weight excluding hydrogens is 1860 g/mol. The molecular formula is C84H88F16N16O12S4. The molecule has 1 unspecified atom stereocenters. The molecule has 8 aromatic rings. The zero-order valence-electron chi connectivity index (χ0n) is 70.0. The summed E-state index contributed by atoms with van der Waals surface area (Å²) in [5, 5.41) is 0. The predicted molar refractivity (Wildman–Crippen MR) is 446 cm³/mol. The minimum Gasteiger partial charge on any atom is -0.337 e. The number of alkyl halides is 12. The van der Waals surface area contributed by atoms with E-state index >= 15 is 0 Å². The molecule has 28 nitrogen and oxygen atoms in total. The Bertz CT molecular complexity index is 5520. The molecule has 0 N–H and O–H groups in total. The number of anilines is 4. The van der Waals surface area contributed by atoms with Gasteiger partial charge in [0, 0.05) is 163 Å². The van der Waals surface area contributed by atoms with Crippen molar-refractivity contribution in [3.63, 3.8) is 0 Å². The zero-order chi connectivity index (χ0) is 95.2. The van der Waals surface area contributed by atoms with Gasteiger partial charge in [-0.25, -0.2) is 91.1 Å². The molecule has 4 amide bonds. The summed E-state index contributed by atoms with van der Waals surface area (Å²) in [6, 6.07) is 20.9. The fourth-order valence-corrected chi connectivity index (χ4v) is 22.9. The standard InChI is InChI=1S/4C21H22F4N4O3S/c2*22-17-3-1-2-15(10-17)18-13-28(20-26-11-16(12-27-20)21(23,24)25)6-7-29(18)19(30)14-4-8-33(31,32)9-5-14;2*22-17-4-2-1-3-16(17)18-13-28(20-26-11-15(12-27-20)21(23,24)25)7-8-29(18)19(30)14-5-9-33(31,32)10-6-14/h2*1-3,10-12,14,18H,4-9,13H2;2*1-4,11-12,14,18H,5-10,13H2/t3*18-;/m100./s1. The van der Waals surface area contributed by atoms with Gasteiger partial charge in [0.25, 0.3) is 0 Å². The average Bonchev–Trinajstić information content (AvgIpc) is 0.795. The number of hydrogen-bond donors (Lipinski definition) is 0. The van der Waals surface area contributed by atoms with Gasteiger partial charge >= 0.3 is 24.7 Å². The van der Waals surface area contributed by atoms with Gasteiger partial charge in [0.15, 0.2) is 0 Å². The molecule has 132 heavy (non-hydrogen) atoms. The van der Waals surface area contributed by atoms with Crippen LogP contribution in [0, 0.1) is 46.9 Å². The minimum atomic E-state index is -4.56. The number of benzene rings is 4. The molecule has 8 saturated heterocycles. The normalized spacial score (nSPS) is 21.8. The number of nitrogens with zero attached hydrogens (tertiary/aromatic N) is 16. The lowest BCUT2D eigenvalue weighted by Crippen LogP contribution is -2.53. The van der Waals surface area contributed by atoms with Crippen molar-refractivity contribution < 1.29 is 123 Å². The Morgan fingerprint density at radius 1 is 0.280 bits per heavy atom. The Kier molecular flexibility index (Phi) is 30.1. The minimum absolute atomic E-state index is 0.0482. The van der Waals surface area contributed by atoms with Crippen molar-refractivity contribution in [2.24, 2.45) is 23.7 Å². The van der Waals surface area contributed by atoms with Crippen LogP contribution >= 0.6 is 0 Å². The fraction of sp³-hybridized carbons (Fsp3) is 0.476. The highest BCUT2D eigenvalue weighted by Gasteiger charge is 2.46. The van der Waals surface area contributed by atoms with E-state index in [9.17, 15) is 123 Å². The first-order valence-corrected chi connectivity index (χ1v) is 49.1. The highest BCUT2D eigenvalue weighted by atomic mass is 32.2. The molecule has 4 aromatic heterocycles. The van der Waals surface area contributed by atoms with Gasteiger partial charge in [0.05, 0.1) is 92.4 Å². The predicted octanol–water partition coefficient (Wildman–Crippen LogP) is 11.4. The fourth-order valence-electron chi connectivity index (χ4n) is 16.9. The van der Waals surface area contributed by atoms with Crippen LogP contribution in [0.1, 0.15) is 120 Å². The lowest BCUT2D eigenvalue weighted by Gasteiger charge is -2.43. The van der Waals surface area contributed by atoms with Crippen LogP contribution in [0.3, 0.4) is 0 Å². The zero-order valence-corrected chi connectivity index (χ0v) is 73.3. The van der Waals surface area contributed by atoms with E-state index in [2.05, 4.69) is 39.9 Å². The van der Waals surface area contributed by atoms with E-state index in [1.54, 1.807) is 75.6 Å². The molecule has 712 valence electrons. The third-order valence-corrected chi connectivity index (χ3v) is 31.1. The molecule has 0 saturated carbocycles. The largest absolute Gasteiger partial charge is 0.419 e. The monoisotopic (exact) mass is 1940 g/mol. The first-order valence-electron chi connectivity index (χ1n) is 41.8. The summed E-state index contributed by atoms with van der Waals surface area (Å²) in [6.45, 7) is 2.30. The maximum Gasteiger partial charge on any atom is 0.419 e. The molecule has 8 aliphatic rings. The van der Waals surface area contributed by atoms with Crippen molar-refractivity contribution in [3.05, 3.63) is 214 Å². The van der Waals surface area contributed by atoms with E-state index in [1.165, 1.54) is 60.7 Å². The van der Waals surface area contributed by atoms with Crippen molar-refractivity contribution in [2.75, 3.05) is 144 Å². The van der Waals surface area contributed by atoms with Crippen LogP contribution in [0.2, 0.25) is 0 Å². The number of sulfone groups is 4. The Labute approximate surface area is 747 Å². The molecule has 16 rings (SSSR count). The maximum absolute atomic E-state index is 14.7. The second-order valence-corrected chi connectivity index (χ2v) is 42.1. The summed E-state index contributed by atoms with van der Waals surface area (Å²) in [5.41, 5.74) is -2.28. The SMILES string of the molecule is O=C(C1CCS(=O)(=O)CC1)N1CCN(c2ncc(C(F)(F)F)cn2)CC1c1ccccc1F.O=C(C1CCS(=O)(=O)CC1)N1CCN(c2ncc(C(F)(F)F)cn2)C[C@@H]1c1cccc(F)c1.O=C(C1CCS(=O)(=O)CC1)N1CCN(c2ncc(C(F)(F)F)cn2)C[C@H]1c1cccc(F)c1.O=C(C1CCS(=O)(=O)CC1)N1CCN(c2ncc(C(F)(F)F)cn2)C[C@H]1c1ccccc1F. The smallest absolute Gasteiger partial charge is 0.337 e. The van der Waals surface area contributed by atoms with Crippen molar-refractivity contribution >= 4 is 86.8 Å². The highest BCUT2D eigenvalue weighted by molar-refractivity contribution is 7.92. The summed E-state index contributed by atoms with van der Waals surface area (Å²) in [7, 11) is -12.6. The second kappa shape index (κ2) is 40.4. The van der Waals surface area contributed by atoms with Gasteiger partial charge in [-0.3, -0.25) is 19.2 Å². The van der Waals surface area contributed by atoms with E-state index in [0.29, 0.717) is 60.7 Å². The first kappa shape index (κ1) is 98.5. The number of carbonyl (C=O) groups is 4. The van der Waals surface area contributed by atoms with E-state index in [4.69, 9.17) is 0 Å². The summed E-state index contributed by atoms with van der Waals surface area (Å²) in [6.07, 6.45) is -10.8. The number of halogens is 16. The third kappa shape index (κ3) is 24.7. The Morgan fingerprint density at radius 3 is 0.705 bits per heavy atom. The lowest BCUT2D eigenvalue weighted by molar-refractivity contribution is -0.139. The van der Waals surface area contributed by atoms with E-state index in [0.717, 1.165) is 0 Å². The third-order valence-electron chi connectivity index (χ3n) is 24.3. The number of hydrogen-bond acceptors (Lipinski definition) is 24. The van der Waals surface area contributed by atoms with Gasteiger partial charge in [0.1, 0.15) is 62.6 Å². The van der Waals surface area contributed by atoms with Gasteiger partial charge in [0.2, 0.25) is 47.4 Å². The lowest BCUT2D eigenvalue weighted by atomic mass is 9.96. The van der Waals surface area contributed by atoms with Crippen LogP contribution in [0.4, 0.5) is 94.0 Å². The van der Waals surface area contributed by atoms with Crippen molar-refractivity contribution in [1.29, 1.82) is 0 Å². The quantitative estimate of drug-likeness (QED) is 0.103. The average molecular weight is 1950 g/mol. The van der Waals surface area contributed by atoms with Gasteiger partial charge in [-0.1, -0.05) is 60.7 Å². The van der Waals surface area contributed by atoms with Gasteiger partial charge in [-0.2, -0.15) is 52.7 Å². The highest BCUT2D eigenvalue weighted by Crippen LogP contribution is 2.41. The molecule has 4 atom stereocenters. The molecule has 0 radical (unpaired) electrons. The van der Waals surface area contributed by atoms with Crippen LogP contribution < -0.4 is 19.6 Å². The molecule has 4 aromatic carbocycles. The number of carbonyl (C=O) groups excluding carboxylic acids is 4. The van der Waals surface area contributed by atoms with Gasteiger partial charge in [-0.15, -0.1) is 0 Å². The summed E-state index contributed by atoms with van der Waals surface area (Å²) < 4.78 is 305. The Balaban J connectivity index is 0.000000150. The van der Waals surface area contributed by atoms with Crippen LogP contribution in [0.15, 0.2) is 147 Å². The van der Waals surface area contributed by atoms with E-state index in [-0.39, 0.29) is 234 Å². The van der Waals surface area contributed by atoms with Crippen LogP contribution in [0.5, 0.6) is 0 Å². The molecule has 48 heteroatoms. The molecule has 0 bridgehead atoms. The van der Waals surface area contributed by atoms with Crippen molar-refractivity contribution in [1.82, 2.24) is 59.5 Å². The molecule has 12 heterocycles. The molecule has 0 spiro atoms. The first-order chi connectivity index (χ1) is 62.2. The van der Waals surface area contributed by atoms with Crippen molar-refractivity contribution in [3.8, 4) is 0 Å². The Morgan fingerprint density at radius 2 is 0.492 bits per heavy atom. The molecule has 0 aliphatic carbocycles. The topological polar surface area (TPSA) is 334 Å². The summed E-state index contributed by atoms with van der Waals surface area (Å²) in [5.74, 6) is -4.88. The molecule has 8 fully saturated rings. The summed E-state index contributed by atoms with van der Waals surface area (Å²) in [4.78, 5) is 96.7. The Hall–Kier alpha value is -11.0. The van der Waals surface area contributed by atoms with Crippen LogP contribution in [-0.4, -0.2) is 241 Å². The van der Waals surface area contributed by atoms with Crippen molar-refractivity contribution in [2.45, 2.75) is 100 Å². The van der Waals surface area contributed by atoms with Crippen LogP contribution in [-0.2, 0) is 83.2 Å². The van der Waals surface area contributed by atoms with Gasteiger partial charge in [-0.05, 0) is 98.9 Å². The van der Waals surface area contributed by atoms with E-state index in [1.807, 2.05) is 0 Å². The number of aromatic nitrogens is 8. The maximum atomic E-state index is 14.7. The number of piperazine rings is 4. The van der Waals surface area contributed by atoms with Crippen LogP contribution in [0.25, 0.3) is 0 Å². The van der Waals surface area contributed by atoms with Gasteiger partial charge < -0.3 is 39.2 Å².